The molecule has 1 saturated carbocycles. The van der Waals surface area contributed by atoms with Gasteiger partial charge in [0, 0.05) is 40.0 Å². The van der Waals surface area contributed by atoms with Gasteiger partial charge in [-0.2, -0.15) is 0 Å². The number of methoxy groups -OCH3 is 2. The Morgan fingerprint density at radius 1 is 1.46 bits per heavy atom. The molecule has 76 valence electrons. The molecule has 13 heavy (non-hydrogen) atoms. The van der Waals surface area contributed by atoms with Crippen LogP contribution in [0, 0.1) is 5.92 Å². The molecule has 1 N–H and O–H groups in total. The monoisotopic (exact) mass is 187 g/mol. The van der Waals surface area contributed by atoms with Gasteiger partial charge in [0.15, 0.2) is 5.79 Å². The van der Waals surface area contributed by atoms with Crippen LogP contribution >= 0.6 is 0 Å². The summed E-state index contributed by atoms with van der Waals surface area (Å²) in [4.78, 5) is 11.3. The Balaban J connectivity index is 2.56. The van der Waals surface area contributed by atoms with Gasteiger partial charge in [-0.1, -0.05) is 0 Å². The summed E-state index contributed by atoms with van der Waals surface area (Å²) in [7, 11) is 4.90. The van der Waals surface area contributed by atoms with Crippen molar-refractivity contribution < 1.29 is 14.3 Å². The lowest BCUT2D eigenvalue weighted by Crippen LogP contribution is -2.33. The summed E-state index contributed by atoms with van der Waals surface area (Å²) >= 11 is 0. The summed E-state index contributed by atoms with van der Waals surface area (Å²) in [6.45, 7) is 0. The van der Waals surface area contributed by atoms with Crippen LogP contribution in [0.5, 0.6) is 0 Å². The minimum Gasteiger partial charge on any atom is -0.359 e. The second kappa shape index (κ2) is 4.07. The van der Waals surface area contributed by atoms with E-state index < -0.39 is 5.79 Å². The molecular weight excluding hydrogens is 170 g/mol. The molecule has 0 radical (unpaired) electrons. The van der Waals surface area contributed by atoms with Crippen LogP contribution in [0.3, 0.4) is 0 Å². The summed E-state index contributed by atoms with van der Waals surface area (Å²) in [6.07, 6.45) is 2.28. The standard InChI is InChI=1S/C9H17NO3/c1-10-8(11)7-4-5-9(6-7,12-2)13-3/h7H,4-6H2,1-3H3,(H,10,11). The minimum absolute atomic E-state index is 0.0323. The fourth-order valence-electron chi connectivity index (χ4n) is 1.86. The molecule has 4 heteroatoms. The molecule has 1 fully saturated rings. The molecule has 0 saturated heterocycles. The molecule has 1 aliphatic rings. The second-order valence-electron chi connectivity index (χ2n) is 3.37. The maximum Gasteiger partial charge on any atom is 0.223 e. The third-order valence-electron chi connectivity index (χ3n) is 2.79. The van der Waals surface area contributed by atoms with E-state index in [0.29, 0.717) is 6.42 Å². The summed E-state index contributed by atoms with van der Waals surface area (Å²) in [6, 6.07) is 0. The fraction of sp³-hybridized carbons (Fsp3) is 0.889. The lowest BCUT2D eigenvalue weighted by Gasteiger charge is -2.25. The zero-order chi connectivity index (χ0) is 9.90. The van der Waals surface area contributed by atoms with Crippen molar-refractivity contribution in [3.05, 3.63) is 0 Å². The average molecular weight is 187 g/mol. The molecule has 4 nitrogen and oxygen atoms in total. The molecule has 0 heterocycles. The third-order valence-corrected chi connectivity index (χ3v) is 2.79. The van der Waals surface area contributed by atoms with E-state index in [4.69, 9.17) is 9.47 Å². The van der Waals surface area contributed by atoms with Crippen molar-refractivity contribution in [3.63, 3.8) is 0 Å². The number of carbonyl (C=O) groups is 1. The summed E-state index contributed by atoms with van der Waals surface area (Å²) in [5, 5.41) is 2.64. The van der Waals surface area contributed by atoms with E-state index in [9.17, 15) is 4.79 Å². The van der Waals surface area contributed by atoms with Crippen LogP contribution < -0.4 is 5.32 Å². The molecule has 0 aliphatic heterocycles. The van der Waals surface area contributed by atoms with Gasteiger partial charge in [-0.3, -0.25) is 4.79 Å². The number of ether oxygens (including phenoxy) is 2. The van der Waals surface area contributed by atoms with Gasteiger partial charge >= 0.3 is 0 Å². The first-order valence-electron chi connectivity index (χ1n) is 4.49. The molecule has 0 aromatic heterocycles. The summed E-state index contributed by atoms with van der Waals surface area (Å²) in [5.41, 5.74) is 0. The van der Waals surface area contributed by atoms with Gasteiger partial charge in [0.2, 0.25) is 5.91 Å². The Morgan fingerprint density at radius 2 is 2.08 bits per heavy atom. The SMILES string of the molecule is CNC(=O)C1CCC(OC)(OC)C1. The van der Waals surface area contributed by atoms with Crippen molar-refractivity contribution in [2.75, 3.05) is 21.3 Å². The van der Waals surface area contributed by atoms with Crippen LogP contribution in [-0.4, -0.2) is 33.0 Å². The molecule has 1 rings (SSSR count). The number of hydrogen-bond acceptors (Lipinski definition) is 3. The molecular formula is C9H17NO3. The van der Waals surface area contributed by atoms with Gasteiger partial charge in [0.05, 0.1) is 0 Å². The highest BCUT2D eigenvalue weighted by atomic mass is 16.7. The predicted molar refractivity (Wildman–Crippen MR) is 48.2 cm³/mol. The maximum atomic E-state index is 11.3. The van der Waals surface area contributed by atoms with Gasteiger partial charge in [-0.15, -0.1) is 0 Å². The van der Waals surface area contributed by atoms with E-state index in [1.807, 2.05) is 0 Å². The molecule has 1 amide bonds. The highest BCUT2D eigenvalue weighted by molar-refractivity contribution is 5.78. The van der Waals surface area contributed by atoms with Crippen LogP contribution in [0.4, 0.5) is 0 Å². The van der Waals surface area contributed by atoms with E-state index in [-0.39, 0.29) is 11.8 Å². The van der Waals surface area contributed by atoms with Crippen molar-refractivity contribution in [1.82, 2.24) is 5.32 Å². The first-order chi connectivity index (χ1) is 6.17. The van der Waals surface area contributed by atoms with Crippen molar-refractivity contribution in [2.45, 2.75) is 25.0 Å². The Kier molecular flexibility index (Phi) is 3.27. The Morgan fingerprint density at radius 3 is 2.46 bits per heavy atom. The van der Waals surface area contributed by atoms with E-state index in [1.165, 1.54) is 0 Å². The van der Waals surface area contributed by atoms with Crippen molar-refractivity contribution in [2.24, 2.45) is 5.92 Å². The summed E-state index contributed by atoms with van der Waals surface area (Å²) in [5.74, 6) is -0.419. The predicted octanol–water partition coefficient (Wildman–Crippen LogP) is 0.522. The van der Waals surface area contributed by atoms with Crippen LogP contribution in [0.25, 0.3) is 0 Å². The largest absolute Gasteiger partial charge is 0.359 e. The normalized spacial score (nSPS) is 25.9. The van der Waals surface area contributed by atoms with Crippen LogP contribution in [0.2, 0.25) is 0 Å². The Bertz CT molecular complexity index is 189. The highest BCUT2D eigenvalue weighted by Gasteiger charge is 2.42. The van der Waals surface area contributed by atoms with Crippen LogP contribution in [-0.2, 0) is 14.3 Å². The first-order valence-corrected chi connectivity index (χ1v) is 4.49. The fourth-order valence-corrected chi connectivity index (χ4v) is 1.86. The lowest BCUT2D eigenvalue weighted by atomic mass is 10.1. The van der Waals surface area contributed by atoms with Gasteiger partial charge in [-0.05, 0) is 6.42 Å². The van der Waals surface area contributed by atoms with Gasteiger partial charge in [0.25, 0.3) is 0 Å². The smallest absolute Gasteiger partial charge is 0.223 e. The molecule has 0 bridgehead atoms. The van der Waals surface area contributed by atoms with Crippen molar-refractivity contribution in [1.29, 1.82) is 0 Å². The van der Waals surface area contributed by atoms with E-state index in [2.05, 4.69) is 5.32 Å². The van der Waals surface area contributed by atoms with Crippen molar-refractivity contribution >= 4 is 5.91 Å². The van der Waals surface area contributed by atoms with Crippen LogP contribution in [0.15, 0.2) is 0 Å². The summed E-state index contributed by atoms with van der Waals surface area (Å²) < 4.78 is 10.5. The van der Waals surface area contributed by atoms with E-state index >= 15 is 0 Å². The molecule has 0 spiro atoms. The molecule has 1 unspecified atom stereocenters. The molecule has 1 atom stereocenters. The number of rotatable bonds is 3. The minimum atomic E-state index is -0.531. The number of nitrogens with one attached hydrogen (secondary N) is 1. The van der Waals surface area contributed by atoms with Gasteiger partial charge in [0.1, 0.15) is 0 Å². The quantitative estimate of drug-likeness (QED) is 0.655. The second-order valence-corrected chi connectivity index (χ2v) is 3.37. The third kappa shape index (κ3) is 2.00. The molecule has 1 aliphatic carbocycles. The molecule has 0 aromatic carbocycles. The maximum absolute atomic E-state index is 11.3. The number of hydrogen-bond donors (Lipinski definition) is 1. The van der Waals surface area contributed by atoms with E-state index in [0.717, 1.165) is 12.8 Å². The lowest BCUT2D eigenvalue weighted by molar-refractivity contribution is -0.202. The first kappa shape index (κ1) is 10.5. The van der Waals surface area contributed by atoms with Gasteiger partial charge in [-0.25, -0.2) is 0 Å². The molecule has 0 aromatic rings. The average Bonchev–Trinajstić information content (AvgIpc) is 2.61. The van der Waals surface area contributed by atoms with Gasteiger partial charge < -0.3 is 14.8 Å². The zero-order valence-electron chi connectivity index (χ0n) is 8.42. The Hall–Kier alpha value is -0.610. The van der Waals surface area contributed by atoms with Crippen LogP contribution in [0.1, 0.15) is 19.3 Å². The zero-order valence-corrected chi connectivity index (χ0v) is 8.42. The number of amides is 1. The number of carbonyl (C=O) groups excluding carboxylic acids is 1. The topological polar surface area (TPSA) is 47.6 Å². The van der Waals surface area contributed by atoms with E-state index in [1.54, 1.807) is 21.3 Å². The Labute approximate surface area is 78.6 Å². The highest BCUT2D eigenvalue weighted by Crippen LogP contribution is 2.37. The van der Waals surface area contributed by atoms with Crippen molar-refractivity contribution in [3.8, 4) is 0 Å².